The lowest BCUT2D eigenvalue weighted by Gasteiger charge is -2.24. The molecule has 10 nitrogen and oxygen atoms in total. The Morgan fingerprint density at radius 3 is 2.58 bits per heavy atom. The number of nitrogens with zero attached hydrogens (tertiary/aromatic N) is 1. The smallest absolute Gasteiger partial charge is 0.258 e. The zero-order valence-electron chi connectivity index (χ0n) is 17.7. The topological polar surface area (TPSA) is 134 Å². The summed E-state index contributed by atoms with van der Waals surface area (Å²) < 4.78 is 10.5. The van der Waals surface area contributed by atoms with Crippen molar-refractivity contribution in [2.45, 2.75) is 12.3 Å². The highest BCUT2D eigenvalue weighted by atomic mass is 35.5. The van der Waals surface area contributed by atoms with Gasteiger partial charge in [-0.2, -0.15) is 4.98 Å². The summed E-state index contributed by atoms with van der Waals surface area (Å²) in [7, 11) is 2.97. The summed E-state index contributed by atoms with van der Waals surface area (Å²) in [5, 5.41) is 8.79. The van der Waals surface area contributed by atoms with Gasteiger partial charge < -0.3 is 25.4 Å². The van der Waals surface area contributed by atoms with Gasteiger partial charge in [-0.25, -0.2) is 0 Å². The molecule has 1 unspecified atom stereocenters. The Bertz CT molecular complexity index is 1280. The van der Waals surface area contributed by atoms with Crippen LogP contribution in [0.2, 0.25) is 5.02 Å². The number of H-pyrrole nitrogens is 1. The van der Waals surface area contributed by atoms with E-state index in [1.807, 2.05) is 0 Å². The molecule has 3 aromatic rings. The minimum Gasteiger partial charge on any atom is -0.497 e. The van der Waals surface area contributed by atoms with Crippen LogP contribution in [0.5, 0.6) is 11.5 Å². The fraction of sp³-hybridized carbons (Fsp3) is 0.182. The second kappa shape index (κ2) is 9.21. The second-order valence-corrected chi connectivity index (χ2v) is 7.61. The molecule has 0 aliphatic carbocycles. The van der Waals surface area contributed by atoms with Crippen LogP contribution in [0.1, 0.15) is 17.9 Å². The Morgan fingerprint density at radius 2 is 1.88 bits per heavy atom. The summed E-state index contributed by atoms with van der Waals surface area (Å²) in [6, 6.07) is 11.6. The summed E-state index contributed by atoms with van der Waals surface area (Å²) in [6.07, 6.45) is -0.202. The van der Waals surface area contributed by atoms with E-state index in [-0.39, 0.29) is 23.8 Å². The monoisotopic (exact) mass is 469 g/mol. The lowest BCUT2D eigenvalue weighted by molar-refractivity contribution is -0.123. The first-order valence-corrected chi connectivity index (χ1v) is 10.2. The number of benzene rings is 2. The van der Waals surface area contributed by atoms with Crippen LogP contribution < -0.4 is 31.0 Å². The molecule has 2 heterocycles. The molecule has 2 aromatic carbocycles. The number of methoxy groups -OCH3 is 2. The highest BCUT2D eigenvalue weighted by molar-refractivity contribution is 6.30. The zero-order chi connectivity index (χ0) is 23.5. The van der Waals surface area contributed by atoms with Crippen LogP contribution in [0.4, 0.5) is 23.1 Å². The molecule has 4 rings (SSSR count). The number of ether oxygens (including phenoxy) is 2. The molecule has 11 heteroatoms. The summed E-state index contributed by atoms with van der Waals surface area (Å²) in [5.74, 6) is -0.958. The first-order chi connectivity index (χ1) is 15.9. The molecule has 33 heavy (non-hydrogen) atoms. The van der Waals surface area contributed by atoms with Crippen molar-refractivity contribution in [1.29, 1.82) is 0 Å². The van der Waals surface area contributed by atoms with Crippen LogP contribution in [0.3, 0.4) is 0 Å². The SMILES string of the molecule is COc1ccc(NC(=O)C2CC(=O)Nc3nc(Nc4ccc(Cl)cc4)[nH]c(=O)c32)c(OC)c1. The van der Waals surface area contributed by atoms with Gasteiger partial charge in [0, 0.05) is 23.2 Å². The van der Waals surface area contributed by atoms with Crippen molar-refractivity contribution in [2.24, 2.45) is 0 Å². The molecule has 0 bridgehead atoms. The molecule has 0 spiro atoms. The van der Waals surface area contributed by atoms with Crippen molar-refractivity contribution in [2.75, 3.05) is 30.2 Å². The van der Waals surface area contributed by atoms with Gasteiger partial charge in [-0.1, -0.05) is 11.6 Å². The number of amides is 2. The molecule has 1 aromatic heterocycles. The normalized spacial score (nSPS) is 14.6. The number of carbonyl (C=O) groups excluding carboxylic acids is 2. The van der Waals surface area contributed by atoms with Crippen molar-refractivity contribution in [3.05, 3.63) is 63.4 Å². The van der Waals surface area contributed by atoms with Crippen molar-refractivity contribution < 1.29 is 19.1 Å². The highest BCUT2D eigenvalue weighted by Crippen LogP contribution is 2.33. The van der Waals surface area contributed by atoms with E-state index >= 15 is 0 Å². The highest BCUT2D eigenvalue weighted by Gasteiger charge is 2.35. The number of fused-ring (bicyclic) bond motifs is 1. The Labute approximate surface area is 193 Å². The van der Waals surface area contributed by atoms with Crippen molar-refractivity contribution in [3.63, 3.8) is 0 Å². The predicted octanol–water partition coefficient (Wildman–Crippen LogP) is 3.25. The van der Waals surface area contributed by atoms with Crippen molar-refractivity contribution in [1.82, 2.24) is 9.97 Å². The second-order valence-electron chi connectivity index (χ2n) is 7.17. The number of hydrogen-bond acceptors (Lipinski definition) is 7. The van der Waals surface area contributed by atoms with Gasteiger partial charge in [-0.3, -0.25) is 19.4 Å². The first kappa shape index (κ1) is 22.2. The third-order valence-electron chi connectivity index (χ3n) is 5.04. The third-order valence-corrected chi connectivity index (χ3v) is 5.29. The number of nitrogens with one attached hydrogen (secondary N) is 4. The van der Waals surface area contributed by atoms with E-state index in [1.165, 1.54) is 14.2 Å². The van der Waals surface area contributed by atoms with Gasteiger partial charge in [-0.15, -0.1) is 0 Å². The van der Waals surface area contributed by atoms with Crippen LogP contribution in [0.25, 0.3) is 0 Å². The molecule has 2 amide bonds. The average Bonchev–Trinajstić information content (AvgIpc) is 2.80. The Morgan fingerprint density at radius 1 is 1.12 bits per heavy atom. The predicted molar refractivity (Wildman–Crippen MR) is 124 cm³/mol. The molecule has 170 valence electrons. The molecule has 0 fully saturated rings. The maximum absolute atomic E-state index is 13.1. The number of aromatic nitrogens is 2. The molecule has 1 aliphatic rings. The van der Waals surface area contributed by atoms with E-state index in [4.69, 9.17) is 21.1 Å². The van der Waals surface area contributed by atoms with Crippen LogP contribution in [0, 0.1) is 0 Å². The van der Waals surface area contributed by atoms with Gasteiger partial charge >= 0.3 is 0 Å². The number of carbonyl (C=O) groups is 2. The Hall–Kier alpha value is -4.05. The van der Waals surface area contributed by atoms with Gasteiger partial charge in [0.25, 0.3) is 5.56 Å². The summed E-state index contributed by atoms with van der Waals surface area (Å²) in [4.78, 5) is 45.2. The number of rotatable bonds is 6. The van der Waals surface area contributed by atoms with Gasteiger partial charge in [0.05, 0.1) is 31.4 Å². The molecule has 0 saturated heterocycles. The van der Waals surface area contributed by atoms with E-state index in [1.54, 1.807) is 42.5 Å². The minimum atomic E-state index is -1.04. The minimum absolute atomic E-state index is 0.0216. The average molecular weight is 470 g/mol. The van der Waals surface area contributed by atoms with E-state index in [2.05, 4.69) is 25.9 Å². The van der Waals surface area contributed by atoms with Gasteiger partial charge in [0.15, 0.2) is 0 Å². The van der Waals surface area contributed by atoms with Crippen molar-refractivity contribution >= 4 is 46.6 Å². The molecular weight excluding hydrogens is 450 g/mol. The Kier molecular flexibility index (Phi) is 6.18. The lowest BCUT2D eigenvalue weighted by atomic mass is 9.92. The molecule has 0 radical (unpaired) electrons. The summed E-state index contributed by atoms with van der Waals surface area (Å²) >= 11 is 5.89. The van der Waals surface area contributed by atoms with E-state index in [0.717, 1.165) is 0 Å². The maximum atomic E-state index is 13.1. The fourth-order valence-corrected chi connectivity index (χ4v) is 3.57. The van der Waals surface area contributed by atoms with Gasteiger partial charge in [0.1, 0.15) is 17.3 Å². The first-order valence-electron chi connectivity index (χ1n) is 9.87. The maximum Gasteiger partial charge on any atom is 0.258 e. The lowest BCUT2D eigenvalue weighted by Crippen LogP contribution is -2.36. The molecule has 0 saturated carbocycles. The molecular formula is C22H20ClN5O5. The Balaban J connectivity index is 1.63. The summed E-state index contributed by atoms with van der Waals surface area (Å²) in [6.45, 7) is 0. The molecule has 1 atom stereocenters. The van der Waals surface area contributed by atoms with Crippen LogP contribution in [0.15, 0.2) is 47.3 Å². The van der Waals surface area contributed by atoms with Gasteiger partial charge in [0.2, 0.25) is 17.8 Å². The van der Waals surface area contributed by atoms with Crippen LogP contribution in [-0.2, 0) is 9.59 Å². The quantitative estimate of drug-likeness (QED) is 0.435. The van der Waals surface area contributed by atoms with E-state index < -0.39 is 23.3 Å². The number of anilines is 4. The number of aromatic amines is 1. The standard InChI is InChI=1S/C22H20ClN5O5/c1-32-13-7-8-15(16(9-13)33-2)25-20(30)14-10-17(29)26-19-18(14)21(31)28-22(27-19)24-12-5-3-11(23)4-6-12/h3-9,14H,10H2,1-2H3,(H,25,30)(H3,24,26,27,28,29,31). The van der Waals surface area contributed by atoms with Gasteiger partial charge in [-0.05, 0) is 36.4 Å². The van der Waals surface area contributed by atoms with Crippen LogP contribution in [-0.4, -0.2) is 36.0 Å². The van der Waals surface area contributed by atoms with E-state index in [0.29, 0.717) is 27.9 Å². The summed E-state index contributed by atoms with van der Waals surface area (Å²) in [5.41, 5.74) is 0.534. The zero-order valence-corrected chi connectivity index (χ0v) is 18.4. The molecule has 4 N–H and O–H groups in total. The fourth-order valence-electron chi connectivity index (χ4n) is 3.45. The number of halogens is 1. The van der Waals surface area contributed by atoms with Crippen LogP contribution >= 0.6 is 11.6 Å². The van der Waals surface area contributed by atoms with Crippen molar-refractivity contribution in [3.8, 4) is 11.5 Å². The number of hydrogen-bond donors (Lipinski definition) is 4. The largest absolute Gasteiger partial charge is 0.497 e. The third kappa shape index (κ3) is 4.75. The van der Waals surface area contributed by atoms with E-state index in [9.17, 15) is 14.4 Å². The molecule has 1 aliphatic heterocycles.